The van der Waals surface area contributed by atoms with Crippen LogP contribution in [-0.2, 0) is 0 Å². The van der Waals surface area contributed by atoms with Crippen LogP contribution < -0.4 is 5.43 Å². The van der Waals surface area contributed by atoms with E-state index < -0.39 is 4.92 Å². The molecule has 106 valence electrons. The monoisotopic (exact) mass is 287 g/mol. The second-order valence-corrected chi connectivity index (χ2v) is 4.06. The van der Waals surface area contributed by atoms with Gasteiger partial charge in [0.25, 0.3) is 5.78 Å². The lowest BCUT2D eigenvalue weighted by atomic mass is 10.4. The van der Waals surface area contributed by atoms with Gasteiger partial charge in [-0.15, -0.1) is 0 Å². The Hall–Kier alpha value is -3.30. The third-order valence-corrected chi connectivity index (χ3v) is 2.54. The van der Waals surface area contributed by atoms with E-state index in [2.05, 4.69) is 25.6 Å². The lowest BCUT2D eigenvalue weighted by molar-refractivity contribution is -0.402. The average Bonchev–Trinajstić information content (AvgIpc) is 3.06. The van der Waals surface area contributed by atoms with Crippen molar-refractivity contribution in [2.75, 3.05) is 5.43 Å². The molecule has 1 N–H and O–H groups in total. The topological polar surface area (TPSA) is 124 Å². The number of hydrazone groups is 1. The van der Waals surface area contributed by atoms with E-state index >= 15 is 0 Å². The molecule has 0 unspecified atom stereocenters. The van der Waals surface area contributed by atoms with E-state index in [4.69, 9.17) is 4.42 Å². The van der Waals surface area contributed by atoms with Crippen molar-refractivity contribution in [2.45, 2.75) is 6.92 Å². The Bertz CT molecular complexity index is 835. The molecule has 0 fully saturated rings. The number of anilines is 1. The van der Waals surface area contributed by atoms with Crippen LogP contribution in [0.25, 0.3) is 5.78 Å². The maximum Gasteiger partial charge on any atom is 0.433 e. The zero-order valence-corrected chi connectivity index (χ0v) is 10.8. The third-order valence-electron chi connectivity index (χ3n) is 2.54. The molecule has 0 saturated heterocycles. The van der Waals surface area contributed by atoms with Gasteiger partial charge in [0, 0.05) is 11.8 Å². The van der Waals surface area contributed by atoms with Crippen LogP contribution in [0.2, 0.25) is 0 Å². The van der Waals surface area contributed by atoms with Crippen LogP contribution in [-0.4, -0.2) is 30.7 Å². The molecule has 0 amide bonds. The molecule has 0 spiro atoms. The number of nitrogens with zero attached hydrogens (tertiary/aromatic N) is 6. The van der Waals surface area contributed by atoms with Crippen LogP contribution in [0.3, 0.4) is 0 Å². The van der Waals surface area contributed by atoms with E-state index in [9.17, 15) is 10.1 Å². The number of aryl methyl sites for hydroxylation is 1. The highest BCUT2D eigenvalue weighted by Gasteiger charge is 2.10. The van der Waals surface area contributed by atoms with Crippen LogP contribution in [0.15, 0.2) is 34.0 Å². The molecule has 0 atom stereocenters. The second-order valence-electron chi connectivity index (χ2n) is 4.06. The van der Waals surface area contributed by atoms with Crippen LogP contribution in [0.5, 0.6) is 0 Å². The van der Waals surface area contributed by atoms with Crippen molar-refractivity contribution in [3.05, 3.63) is 46.1 Å². The molecular weight excluding hydrogens is 278 g/mol. The minimum absolute atomic E-state index is 0.259. The van der Waals surface area contributed by atoms with Crippen LogP contribution in [0.4, 0.5) is 11.7 Å². The Morgan fingerprint density at radius 2 is 2.38 bits per heavy atom. The Kier molecular flexibility index (Phi) is 3.03. The zero-order valence-electron chi connectivity index (χ0n) is 10.8. The predicted molar refractivity (Wildman–Crippen MR) is 72.1 cm³/mol. The molecule has 10 heteroatoms. The summed E-state index contributed by atoms with van der Waals surface area (Å²) in [5.41, 5.74) is 3.51. The first-order valence-electron chi connectivity index (χ1n) is 5.84. The number of rotatable bonds is 4. The molecule has 21 heavy (non-hydrogen) atoms. The summed E-state index contributed by atoms with van der Waals surface area (Å²) in [4.78, 5) is 18.0. The lowest BCUT2D eigenvalue weighted by Crippen LogP contribution is -2.02. The van der Waals surface area contributed by atoms with Gasteiger partial charge in [0.15, 0.2) is 11.6 Å². The first-order chi connectivity index (χ1) is 10.1. The highest BCUT2D eigenvalue weighted by molar-refractivity contribution is 5.76. The largest absolute Gasteiger partial charge is 0.433 e. The number of nitro groups is 1. The summed E-state index contributed by atoms with van der Waals surface area (Å²) in [5, 5.41) is 18.4. The molecule has 3 rings (SSSR count). The van der Waals surface area contributed by atoms with Crippen molar-refractivity contribution in [3.63, 3.8) is 0 Å². The summed E-state index contributed by atoms with van der Waals surface area (Å²) >= 11 is 0. The molecule has 0 saturated carbocycles. The summed E-state index contributed by atoms with van der Waals surface area (Å²) < 4.78 is 6.42. The highest BCUT2D eigenvalue weighted by atomic mass is 16.6. The van der Waals surface area contributed by atoms with Crippen LogP contribution in [0.1, 0.15) is 11.5 Å². The lowest BCUT2D eigenvalue weighted by Gasteiger charge is -2.03. The van der Waals surface area contributed by atoms with Gasteiger partial charge in [0.1, 0.15) is 11.3 Å². The van der Waals surface area contributed by atoms with E-state index in [0.29, 0.717) is 11.6 Å². The number of fused-ring (bicyclic) bond motifs is 1. The molecule has 3 heterocycles. The minimum Gasteiger partial charge on any atom is -0.400 e. The number of hydrogen-bond acceptors (Lipinski definition) is 8. The standard InChI is InChI=1S/C11H9N7O3/c1-7-4-9(17-11(15-7)12-6-14-17)16-13-5-8-2-3-10(21-8)18(19)20/h2-6,16H,1H3/b13-5+. The van der Waals surface area contributed by atoms with Crippen molar-refractivity contribution in [2.24, 2.45) is 5.10 Å². The van der Waals surface area contributed by atoms with E-state index in [1.807, 2.05) is 6.92 Å². The smallest absolute Gasteiger partial charge is 0.400 e. The van der Waals surface area contributed by atoms with Gasteiger partial charge < -0.3 is 4.42 Å². The van der Waals surface area contributed by atoms with Crippen molar-refractivity contribution in [3.8, 4) is 0 Å². The van der Waals surface area contributed by atoms with Crippen LogP contribution >= 0.6 is 0 Å². The van der Waals surface area contributed by atoms with E-state index in [1.165, 1.54) is 29.2 Å². The first kappa shape index (κ1) is 12.7. The Balaban J connectivity index is 1.80. The van der Waals surface area contributed by atoms with E-state index in [1.54, 1.807) is 6.07 Å². The predicted octanol–water partition coefficient (Wildman–Crippen LogP) is 1.38. The molecule has 0 aliphatic heterocycles. The molecular formula is C11H9N7O3. The van der Waals surface area contributed by atoms with E-state index in [-0.39, 0.29) is 11.6 Å². The van der Waals surface area contributed by atoms with Gasteiger partial charge in [-0.2, -0.15) is 19.7 Å². The molecule has 3 aromatic rings. The highest BCUT2D eigenvalue weighted by Crippen LogP contribution is 2.14. The Morgan fingerprint density at radius 3 is 3.14 bits per heavy atom. The Labute approximate surface area is 117 Å². The summed E-state index contributed by atoms with van der Waals surface area (Å²) in [6, 6.07) is 4.45. The molecule has 0 aliphatic rings. The molecule has 0 aliphatic carbocycles. The van der Waals surface area contributed by atoms with Crippen molar-refractivity contribution in [1.29, 1.82) is 0 Å². The first-order valence-corrected chi connectivity index (χ1v) is 5.84. The van der Waals surface area contributed by atoms with Crippen molar-refractivity contribution < 1.29 is 9.34 Å². The maximum absolute atomic E-state index is 10.5. The minimum atomic E-state index is -0.615. The number of hydrogen-bond donors (Lipinski definition) is 1. The quantitative estimate of drug-likeness (QED) is 0.436. The van der Waals surface area contributed by atoms with Crippen molar-refractivity contribution >= 4 is 23.7 Å². The zero-order chi connectivity index (χ0) is 14.8. The van der Waals surface area contributed by atoms with Gasteiger partial charge in [0.05, 0.1) is 12.3 Å². The van der Waals surface area contributed by atoms with Gasteiger partial charge in [-0.1, -0.05) is 0 Å². The summed E-state index contributed by atoms with van der Waals surface area (Å²) in [6.07, 6.45) is 2.71. The summed E-state index contributed by atoms with van der Waals surface area (Å²) in [7, 11) is 0. The Morgan fingerprint density at radius 1 is 1.52 bits per heavy atom. The summed E-state index contributed by atoms with van der Waals surface area (Å²) in [5.74, 6) is 0.929. The molecule has 10 nitrogen and oxygen atoms in total. The van der Waals surface area contributed by atoms with Gasteiger partial charge in [-0.25, -0.2) is 4.98 Å². The molecule has 0 radical (unpaired) electrons. The number of nitrogens with one attached hydrogen (secondary N) is 1. The van der Waals surface area contributed by atoms with Gasteiger partial charge in [0.2, 0.25) is 0 Å². The fourth-order valence-corrected chi connectivity index (χ4v) is 1.68. The molecule has 3 aromatic heterocycles. The van der Waals surface area contributed by atoms with Crippen LogP contribution in [0, 0.1) is 17.0 Å². The van der Waals surface area contributed by atoms with Gasteiger partial charge >= 0.3 is 5.88 Å². The maximum atomic E-state index is 10.5. The van der Waals surface area contributed by atoms with Gasteiger partial charge in [-0.3, -0.25) is 15.5 Å². The SMILES string of the molecule is Cc1cc(N/N=C/c2ccc([N+](=O)[O-])o2)n2ncnc2n1. The fourth-order valence-electron chi connectivity index (χ4n) is 1.68. The van der Waals surface area contributed by atoms with E-state index in [0.717, 1.165) is 5.69 Å². The number of aromatic nitrogens is 4. The summed E-state index contributed by atoms with van der Waals surface area (Å²) in [6.45, 7) is 1.82. The fraction of sp³-hybridized carbons (Fsp3) is 0.0909. The van der Waals surface area contributed by atoms with Gasteiger partial charge in [-0.05, 0) is 13.0 Å². The second kappa shape index (κ2) is 5.00. The molecule has 0 aromatic carbocycles. The average molecular weight is 287 g/mol. The normalized spacial score (nSPS) is 11.3. The third kappa shape index (κ3) is 2.54. The van der Waals surface area contributed by atoms with Crippen molar-refractivity contribution in [1.82, 2.24) is 19.6 Å². The molecule has 0 bridgehead atoms. The number of furan rings is 1.